The van der Waals surface area contributed by atoms with Crippen molar-refractivity contribution in [3.63, 3.8) is 0 Å². The van der Waals surface area contributed by atoms with E-state index < -0.39 is 14.9 Å². The lowest BCUT2D eigenvalue weighted by molar-refractivity contribution is -0.385. The molecule has 1 unspecified atom stereocenters. The molecule has 1 heterocycles. The van der Waals surface area contributed by atoms with E-state index in [1.807, 2.05) is 7.05 Å². The number of aryl methyl sites for hydroxylation is 2. The zero-order valence-corrected chi connectivity index (χ0v) is 13.8. The average molecular weight is 327 g/mol. The van der Waals surface area contributed by atoms with Gasteiger partial charge in [0.15, 0.2) is 0 Å². The molecule has 1 aromatic carbocycles. The zero-order valence-electron chi connectivity index (χ0n) is 13.0. The van der Waals surface area contributed by atoms with Gasteiger partial charge < -0.3 is 5.32 Å². The zero-order chi connectivity index (χ0) is 16.5. The Balaban J connectivity index is 2.37. The van der Waals surface area contributed by atoms with Crippen LogP contribution in [0.5, 0.6) is 0 Å². The first-order valence-corrected chi connectivity index (χ1v) is 8.61. The van der Waals surface area contributed by atoms with Gasteiger partial charge in [0.2, 0.25) is 10.0 Å². The van der Waals surface area contributed by atoms with Crippen molar-refractivity contribution in [2.75, 3.05) is 26.7 Å². The maximum absolute atomic E-state index is 12.8. The molecule has 1 aliphatic heterocycles. The van der Waals surface area contributed by atoms with Gasteiger partial charge in [-0.3, -0.25) is 10.1 Å². The number of sulfonamides is 1. The minimum atomic E-state index is -3.61. The Morgan fingerprint density at radius 1 is 1.36 bits per heavy atom. The second-order valence-corrected chi connectivity index (χ2v) is 7.62. The Morgan fingerprint density at radius 3 is 2.45 bits per heavy atom. The first-order chi connectivity index (χ1) is 10.3. The van der Waals surface area contributed by atoms with E-state index in [0.717, 1.165) is 13.0 Å². The van der Waals surface area contributed by atoms with Crippen LogP contribution in [0.3, 0.4) is 0 Å². The number of nitrogens with one attached hydrogen (secondary N) is 1. The molecule has 0 amide bonds. The molecule has 1 fully saturated rings. The average Bonchev–Trinajstić information content (AvgIpc) is 2.87. The van der Waals surface area contributed by atoms with Crippen LogP contribution in [0.4, 0.5) is 5.69 Å². The van der Waals surface area contributed by atoms with Gasteiger partial charge in [0.05, 0.1) is 9.82 Å². The summed E-state index contributed by atoms with van der Waals surface area (Å²) in [6.45, 7) is 4.97. The van der Waals surface area contributed by atoms with Gasteiger partial charge in [0.25, 0.3) is 5.69 Å². The van der Waals surface area contributed by atoms with Crippen molar-refractivity contribution in [1.29, 1.82) is 0 Å². The number of non-ortho nitro benzene ring substituents is 1. The fourth-order valence-electron chi connectivity index (χ4n) is 3.04. The highest BCUT2D eigenvalue weighted by atomic mass is 32.2. The predicted molar refractivity (Wildman–Crippen MR) is 83.4 cm³/mol. The molecule has 22 heavy (non-hydrogen) atoms. The third kappa shape index (κ3) is 3.13. The predicted octanol–water partition coefficient (Wildman–Crippen LogP) is 1.44. The van der Waals surface area contributed by atoms with Crippen molar-refractivity contribution >= 4 is 15.7 Å². The van der Waals surface area contributed by atoms with Gasteiger partial charge in [-0.15, -0.1) is 0 Å². The van der Waals surface area contributed by atoms with Crippen LogP contribution in [0.2, 0.25) is 0 Å². The lowest BCUT2D eigenvalue weighted by Crippen LogP contribution is -2.31. The van der Waals surface area contributed by atoms with E-state index in [1.165, 1.54) is 16.4 Å². The lowest BCUT2D eigenvalue weighted by Gasteiger charge is -2.19. The number of nitro benzene ring substituents is 1. The van der Waals surface area contributed by atoms with Gasteiger partial charge >= 0.3 is 0 Å². The van der Waals surface area contributed by atoms with Crippen molar-refractivity contribution in [3.05, 3.63) is 33.4 Å². The molecule has 122 valence electrons. The monoisotopic (exact) mass is 327 g/mol. The number of nitrogens with zero attached hydrogens (tertiary/aromatic N) is 2. The normalized spacial score (nSPS) is 19.5. The summed E-state index contributed by atoms with van der Waals surface area (Å²) in [6.07, 6.45) is 0.825. The summed E-state index contributed by atoms with van der Waals surface area (Å²) in [5.74, 6) is 0.304. The van der Waals surface area contributed by atoms with Gasteiger partial charge in [-0.25, -0.2) is 8.42 Å². The molecule has 0 spiro atoms. The van der Waals surface area contributed by atoms with Crippen LogP contribution in [0.25, 0.3) is 0 Å². The Kier molecular flexibility index (Phi) is 4.84. The van der Waals surface area contributed by atoms with E-state index in [2.05, 4.69) is 5.32 Å². The summed E-state index contributed by atoms with van der Waals surface area (Å²) >= 11 is 0. The summed E-state index contributed by atoms with van der Waals surface area (Å²) in [4.78, 5) is 10.6. The first kappa shape index (κ1) is 16.9. The van der Waals surface area contributed by atoms with Gasteiger partial charge in [0.1, 0.15) is 0 Å². The van der Waals surface area contributed by atoms with Crippen LogP contribution in [-0.4, -0.2) is 44.3 Å². The summed E-state index contributed by atoms with van der Waals surface area (Å²) in [7, 11) is -1.76. The molecular weight excluding hydrogens is 306 g/mol. The Bertz CT molecular complexity index is 664. The van der Waals surface area contributed by atoms with E-state index in [-0.39, 0.29) is 10.6 Å². The maximum Gasteiger partial charge on any atom is 0.270 e. The molecule has 1 aromatic rings. The van der Waals surface area contributed by atoms with Crippen LogP contribution < -0.4 is 5.32 Å². The van der Waals surface area contributed by atoms with Crippen LogP contribution >= 0.6 is 0 Å². The van der Waals surface area contributed by atoms with Crippen LogP contribution in [0, 0.1) is 29.9 Å². The van der Waals surface area contributed by atoms with Crippen LogP contribution in [-0.2, 0) is 10.0 Å². The van der Waals surface area contributed by atoms with Gasteiger partial charge in [-0.2, -0.15) is 4.31 Å². The number of hydrogen-bond donors (Lipinski definition) is 1. The first-order valence-electron chi connectivity index (χ1n) is 7.17. The molecule has 7 nitrogen and oxygen atoms in total. The second kappa shape index (κ2) is 6.31. The molecular formula is C14H21N3O4S. The van der Waals surface area contributed by atoms with Gasteiger partial charge in [-0.05, 0) is 50.9 Å². The van der Waals surface area contributed by atoms with Gasteiger partial charge in [0, 0.05) is 25.2 Å². The molecule has 0 radical (unpaired) electrons. The van der Waals surface area contributed by atoms with Crippen molar-refractivity contribution in [3.8, 4) is 0 Å². The smallest absolute Gasteiger partial charge is 0.270 e. The highest BCUT2D eigenvalue weighted by Gasteiger charge is 2.34. The largest absolute Gasteiger partial charge is 0.319 e. The molecule has 1 aliphatic rings. The summed E-state index contributed by atoms with van der Waals surface area (Å²) < 4.78 is 27.2. The highest BCUT2D eigenvalue weighted by Crippen LogP contribution is 2.30. The molecule has 1 atom stereocenters. The molecule has 8 heteroatoms. The summed E-state index contributed by atoms with van der Waals surface area (Å²) in [5, 5.41) is 13.9. The van der Waals surface area contributed by atoms with Crippen molar-refractivity contribution in [2.45, 2.75) is 25.2 Å². The Labute approximate surface area is 130 Å². The molecule has 0 aromatic heterocycles. The van der Waals surface area contributed by atoms with Crippen LogP contribution in [0.1, 0.15) is 17.5 Å². The lowest BCUT2D eigenvalue weighted by atomic mass is 10.1. The number of benzene rings is 1. The molecule has 1 saturated heterocycles. The van der Waals surface area contributed by atoms with E-state index >= 15 is 0 Å². The maximum atomic E-state index is 12.8. The van der Waals surface area contributed by atoms with Crippen molar-refractivity contribution < 1.29 is 13.3 Å². The summed E-state index contributed by atoms with van der Waals surface area (Å²) in [6, 6.07) is 2.64. The summed E-state index contributed by atoms with van der Waals surface area (Å²) in [5.41, 5.74) is 0.760. The van der Waals surface area contributed by atoms with E-state index in [9.17, 15) is 18.5 Å². The van der Waals surface area contributed by atoms with Gasteiger partial charge in [-0.1, -0.05) is 0 Å². The van der Waals surface area contributed by atoms with Crippen molar-refractivity contribution in [1.82, 2.24) is 9.62 Å². The minimum absolute atomic E-state index is 0.0802. The Hall–Kier alpha value is -1.51. The molecule has 0 bridgehead atoms. The standard InChI is InChI=1S/C14H21N3O4S/c1-10-6-13(17(18)19)7-11(2)14(10)22(20,21)16-5-4-12(9-16)8-15-3/h6-7,12,15H,4-5,8-9H2,1-3H3. The molecule has 0 aliphatic carbocycles. The van der Waals surface area contributed by atoms with E-state index in [0.29, 0.717) is 30.1 Å². The topological polar surface area (TPSA) is 92.6 Å². The third-order valence-corrected chi connectivity index (χ3v) is 6.17. The van der Waals surface area contributed by atoms with E-state index in [1.54, 1.807) is 13.8 Å². The number of nitro groups is 1. The molecule has 0 saturated carbocycles. The second-order valence-electron chi connectivity index (χ2n) is 5.74. The van der Waals surface area contributed by atoms with E-state index in [4.69, 9.17) is 0 Å². The van der Waals surface area contributed by atoms with Crippen LogP contribution in [0.15, 0.2) is 17.0 Å². The number of hydrogen-bond acceptors (Lipinski definition) is 5. The minimum Gasteiger partial charge on any atom is -0.319 e. The fraction of sp³-hybridized carbons (Fsp3) is 0.571. The fourth-order valence-corrected chi connectivity index (χ4v) is 4.98. The molecule has 2 rings (SSSR count). The Morgan fingerprint density at radius 2 is 1.95 bits per heavy atom. The highest BCUT2D eigenvalue weighted by molar-refractivity contribution is 7.89. The van der Waals surface area contributed by atoms with Crippen molar-refractivity contribution in [2.24, 2.45) is 5.92 Å². The SMILES string of the molecule is CNCC1CCN(S(=O)(=O)c2c(C)cc([N+](=O)[O-])cc2C)C1. The molecule has 1 N–H and O–H groups in total. The third-order valence-electron chi connectivity index (χ3n) is 4.00. The quantitative estimate of drug-likeness (QED) is 0.652. The number of rotatable bonds is 5.